The van der Waals surface area contributed by atoms with Gasteiger partial charge in [-0.2, -0.15) is 0 Å². The summed E-state index contributed by atoms with van der Waals surface area (Å²) >= 11 is 0. The second kappa shape index (κ2) is 9.35. The maximum absolute atomic E-state index is 12.5. The summed E-state index contributed by atoms with van der Waals surface area (Å²) in [5.74, 6) is 0.901. The Morgan fingerprint density at radius 3 is 2.70 bits per heavy atom. The fourth-order valence-corrected chi connectivity index (χ4v) is 3.04. The number of hydrogen-bond donors (Lipinski definition) is 1. The van der Waals surface area contributed by atoms with Crippen LogP contribution in [0.15, 0.2) is 0 Å². The zero-order valence-corrected chi connectivity index (χ0v) is 13.4. The van der Waals surface area contributed by atoms with Crippen molar-refractivity contribution < 1.29 is 9.53 Å². The Morgan fingerprint density at radius 1 is 1.35 bits per heavy atom. The molecule has 0 radical (unpaired) electrons. The van der Waals surface area contributed by atoms with Gasteiger partial charge in [-0.25, -0.2) is 0 Å². The molecule has 1 fully saturated rings. The highest BCUT2D eigenvalue weighted by Gasteiger charge is 2.29. The zero-order valence-electron chi connectivity index (χ0n) is 13.4. The molecule has 4 nitrogen and oxygen atoms in total. The lowest BCUT2D eigenvalue weighted by Gasteiger charge is -2.38. The third-order valence-electron chi connectivity index (χ3n) is 4.30. The van der Waals surface area contributed by atoms with Crippen molar-refractivity contribution in [1.82, 2.24) is 4.90 Å². The SMILES string of the molecule is CCCC(CCN)CCC(=O)N1CC(C)OCC1CC. The van der Waals surface area contributed by atoms with Gasteiger partial charge >= 0.3 is 0 Å². The summed E-state index contributed by atoms with van der Waals surface area (Å²) in [7, 11) is 0. The molecule has 0 aromatic carbocycles. The van der Waals surface area contributed by atoms with Gasteiger partial charge in [0, 0.05) is 13.0 Å². The molecule has 0 aromatic rings. The van der Waals surface area contributed by atoms with Crippen molar-refractivity contribution in [3.63, 3.8) is 0 Å². The van der Waals surface area contributed by atoms with Gasteiger partial charge in [0.05, 0.1) is 18.8 Å². The highest BCUT2D eigenvalue weighted by Crippen LogP contribution is 2.20. The predicted molar refractivity (Wildman–Crippen MR) is 82.5 cm³/mol. The smallest absolute Gasteiger partial charge is 0.222 e. The number of rotatable bonds is 8. The van der Waals surface area contributed by atoms with E-state index in [2.05, 4.69) is 13.8 Å². The van der Waals surface area contributed by atoms with Gasteiger partial charge in [0.15, 0.2) is 0 Å². The van der Waals surface area contributed by atoms with Crippen LogP contribution >= 0.6 is 0 Å². The van der Waals surface area contributed by atoms with E-state index in [9.17, 15) is 4.79 Å². The Morgan fingerprint density at radius 2 is 2.10 bits per heavy atom. The van der Waals surface area contributed by atoms with E-state index in [1.807, 2.05) is 11.8 Å². The molecule has 2 N–H and O–H groups in total. The molecule has 0 spiro atoms. The highest BCUT2D eigenvalue weighted by atomic mass is 16.5. The molecule has 20 heavy (non-hydrogen) atoms. The van der Waals surface area contributed by atoms with Crippen LogP contribution in [0.4, 0.5) is 0 Å². The fourth-order valence-electron chi connectivity index (χ4n) is 3.04. The normalized spacial score (nSPS) is 24.7. The molecule has 0 aromatic heterocycles. The summed E-state index contributed by atoms with van der Waals surface area (Å²) in [6, 6.07) is 0.262. The molecule has 1 aliphatic heterocycles. The molecule has 0 bridgehead atoms. The second-order valence-electron chi connectivity index (χ2n) is 6.02. The first kappa shape index (κ1) is 17.4. The van der Waals surface area contributed by atoms with Crippen molar-refractivity contribution in [2.24, 2.45) is 11.7 Å². The van der Waals surface area contributed by atoms with Gasteiger partial charge < -0.3 is 15.4 Å². The minimum absolute atomic E-state index is 0.164. The molecule has 0 aliphatic carbocycles. The molecule has 1 amide bonds. The molecule has 1 saturated heterocycles. The Balaban J connectivity index is 2.46. The molecular formula is C16H32N2O2. The number of nitrogens with zero attached hydrogens (tertiary/aromatic N) is 1. The Bertz CT molecular complexity index is 278. The van der Waals surface area contributed by atoms with Crippen molar-refractivity contribution in [3.8, 4) is 0 Å². The van der Waals surface area contributed by atoms with Crippen molar-refractivity contribution in [3.05, 3.63) is 0 Å². The number of morpholine rings is 1. The van der Waals surface area contributed by atoms with Gasteiger partial charge in [0.2, 0.25) is 5.91 Å². The van der Waals surface area contributed by atoms with Gasteiger partial charge in [-0.05, 0) is 38.6 Å². The number of nitrogens with two attached hydrogens (primary N) is 1. The lowest BCUT2D eigenvalue weighted by atomic mass is 9.94. The van der Waals surface area contributed by atoms with Crippen LogP contribution in [-0.2, 0) is 9.53 Å². The maximum atomic E-state index is 12.5. The molecule has 1 rings (SSSR count). The first-order valence-corrected chi connectivity index (χ1v) is 8.23. The summed E-state index contributed by atoms with van der Waals surface area (Å²) in [5, 5.41) is 0. The van der Waals surface area contributed by atoms with Crippen molar-refractivity contribution in [2.45, 2.75) is 71.4 Å². The molecular weight excluding hydrogens is 252 g/mol. The lowest BCUT2D eigenvalue weighted by Crippen LogP contribution is -2.51. The largest absolute Gasteiger partial charge is 0.375 e. The van der Waals surface area contributed by atoms with Gasteiger partial charge in [-0.3, -0.25) is 4.79 Å². The number of ether oxygens (including phenoxy) is 1. The van der Waals surface area contributed by atoms with Crippen molar-refractivity contribution >= 4 is 5.91 Å². The van der Waals surface area contributed by atoms with E-state index in [1.54, 1.807) is 0 Å². The topological polar surface area (TPSA) is 55.6 Å². The van der Waals surface area contributed by atoms with Gasteiger partial charge in [-0.15, -0.1) is 0 Å². The molecule has 1 aliphatic rings. The molecule has 4 heteroatoms. The average Bonchev–Trinajstić information content (AvgIpc) is 2.45. The van der Waals surface area contributed by atoms with Crippen LogP contribution in [-0.4, -0.2) is 42.6 Å². The standard InChI is InChI=1S/C16H32N2O2/c1-4-6-14(9-10-17)7-8-16(19)18-11-13(3)20-12-15(18)5-2/h13-15H,4-12,17H2,1-3H3. The molecule has 3 atom stereocenters. The summed E-state index contributed by atoms with van der Waals surface area (Å²) in [6.07, 6.45) is 6.17. The third-order valence-corrected chi connectivity index (χ3v) is 4.30. The third kappa shape index (κ3) is 5.41. The Kier molecular flexibility index (Phi) is 8.15. The monoisotopic (exact) mass is 284 g/mol. The van der Waals surface area contributed by atoms with Crippen LogP contribution in [0, 0.1) is 5.92 Å². The quantitative estimate of drug-likeness (QED) is 0.745. The van der Waals surface area contributed by atoms with E-state index in [0.717, 1.165) is 32.4 Å². The second-order valence-corrected chi connectivity index (χ2v) is 6.02. The Labute approximate surface area is 124 Å². The number of carbonyl (C=O) groups excluding carboxylic acids is 1. The number of hydrogen-bond acceptors (Lipinski definition) is 3. The summed E-state index contributed by atoms with van der Waals surface area (Å²) in [5.41, 5.74) is 5.66. The van der Waals surface area contributed by atoms with E-state index < -0.39 is 0 Å². The predicted octanol–water partition coefficient (Wildman–Crippen LogP) is 2.56. The molecule has 118 valence electrons. The van der Waals surface area contributed by atoms with Crippen LogP contribution in [0.1, 0.15) is 59.3 Å². The van der Waals surface area contributed by atoms with E-state index in [0.29, 0.717) is 24.9 Å². The lowest BCUT2D eigenvalue weighted by molar-refractivity contribution is -0.144. The first-order valence-electron chi connectivity index (χ1n) is 8.23. The molecule has 0 saturated carbocycles. The van der Waals surface area contributed by atoms with Crippen LogP contribution in [0.2, 0.25) is 0 Å². The van der Waals surface area contributed by atoms with E-state index in [1.165, 1.54) is 12.8 Å². The molecule has 1 heterocycles. The van der Waals surface area contributed by atoms with E-state index in [4.69, 9.17) is 10.5 Å². The number of amides is 1. The van der Waals surface area contributed by atoms with Crippen LogP contribution in [0.5, 0.6) is 0 Å². The van der Waals surface area contributed by atoms with Crippen molar-refractivity contribution in [2.75, 3.05) is 19.7 Å². The minimum Gasteiger partial charge on any atom is -0.375 e. The summed E-state index contributed by atoms with van der Waals surface area (Å²) in [6.45, 7) is 8.52. The van der Waals surface area contributed by atoms with Crippen LogP contribution in [0.3, 0.4) is 0 Å². The molecule has 3 unspecified atom stereocenters. The van der Waals surface area contributed by atoms with Crippen LogP contribution < -0.4 is 5.73 Å². The minimum atomic E-state index is 0.164. The average molecular weight is 284 g/mol. The highest BCUT2D eigenvalue weighted by molar-refractivity contribution is 5.76. The summed E-state index contributed by atoms with van der Waals surface area (Å²) < 4.78 is 5.65. The first-order chi connectivity index (χ1) is 9.62. The number of carbonyl (C=O) groups is 1. The fraction of sp³-hybridized carbons (Fsp3) is 0.938. The zero-order chi connectivity index (χ0) is 15.0. The van der Waals surface area contributed by atoms with Crippen molar-refractivity contribution in [1.29, 1.82) is 0 Å². The van der Waals surface area contributed by atoms with Crippen LogP contribution in [0.25, 0.3) is 0 Å². The maximum Gasteiger partial charge on any atom is 0.222 e. The van der Waals surface area contributed by atoms with E-state index in [-0.39, 0.29) is 12.1 Å². The van der Waals surface area contributed by atoms with Gasteiger partial charge in [0.1, 0.15) is 0 Å². The summed E-state index contributed by atoms with van der Waals surface area (Å²) in [4.78, 5) is 14.5. The van der Waals surface area contributed by atoms with E-state index >= 15 is 0 Å². The van der Waals surface area contributed by atoms with Gasteiger partial charge in [0.25, 0.3) is 0 Å². The Hall–Kier alpha value is -0.610. The van der Waals surface area contributed by atoms with Gasteiger partial charge in [-0.1, -0.05) is 26.7 Å².